The normalized spacial score (nSPS) is 18.9. The molecule has 2 aromatic carbocycles. The van der Waals surface area contributed by atoms with Gasteiger partial charge in [-0.2, -0.15) is 0 Å². The number of nitrogens with zero attached hydrogens (tertiary/aromatic N) is 1. The van der Waals surface area contributed by atoms with Gasteiger partial charge in [-0.3, -0.25) is 9.59 Å². The number of aliphatic hydroxyl groups excluding tert-OH is 1. The fourth-order valence-corrected chi connectivity index (χ4v) is 6.91. The van der Waals surface area contributed by atoms with Crippen molar-refractivity contribution in [2.75, 3.05) is 31.5 Å². The van der Waals surface area contributed by atoms with Crippen LogP contribution < -0.4 is 10.6 Å². The van der Waals surface area contributed by atoms with E-state index in [4.69, 9.17) is 9.47 Å². The van der Waals surface area contributed by atoms with Gasteiger partial charge in [0.1, 0.15) is 0 Å². The summed E-state index contributed by atoms with van der Waals surface area (Å²) in [5, 5.41) is 15.5. The summed E-state index contributed by atoms with van der Waals surface area (Å²) in [7, 11) is 0. The highest BCUT2D eigenvalue weighted by Crippen LogP contribution is 2.42. The van der Waals surface area contributed by atoms with Gasteiger partial charge in [-0.15, -0.1) is 0 Å². The summed E-state index contributed by atoms with van der Waals surface area (Å²) in [5.41, 5.74) is 3.66. The highest BCUT2D eigenvalue weighted by Gasteiger charge is 2.39. The summed E-state index contributed by atoms with van der Waals surface area (Å²) in [6, 6.07) is 16.0. The van der Waals surface area contributed by atoms with Crippen LogP contribution in [0.1, 0.15) is 160 Å². The van der Waals surface area contributed by atoms with Crippen LogP contribution in [0.25, 0.3) is 0 Å². The van der Waals surface area contributed by atoms with Gasteiger partial charge >= 0.3 is 0 Å². The molecule has 2 aromatic rings. The Kier molecular flexibility index (Phi) is 21.1. The molecule has 1 fully saturated rings. The van der Waals surface area contributed by atoms with E-state index < -0.39 is 6.29 Å². The Morgan fingerprint density at radius 1 is 0.725 bits per heavy atom. The van der Waals surface area contributed by atoms with Gasteiger partial charge < -0.3 is 30.1 Å². The van der Waals surface area contributed by atoms with E-state index in [9.17, 15) is 14.7 Å². The Labute approximate surface area is 309 Å². The van der Waals surface area contributed by atoms with Gasteiger partial charge in [0.15, 0.2) is 6.29 Å². The second-order valence-corrected chi connectivity index (χ2v) is 14.6. The minimum Gasteiger partial charge on any atom is -0.392 e. The fraction of sp³-hybridized carbons (Fsp3) is 0.674. The van der Waals surface area contributed by atoms with Crippen LogP contribution in [-0.4, -0.2) is 54.1 Å². The lowest BCUT2D eigenvalue weighted by molar-refractivity contribution is -0.276. The maximum atomic E-state index is 12.6. The zero-order chi connectivity index (χ0) is 36.7. The number of anilines is 1. The van der Waals surface area contributed by atoms with Crippen molar-refractivity contribution in [3.8, 4) is 0 Å². The smallest absolute Gasteiger partial charge is 0.224 e. The summed E-state index contributed by atoms with van der Waals surface area (Å²) in [6.07, 6.45) is 17.8. The first kappa shape index (κ1) is 42.6. The fourth-order valence-electron chi connectivity index (χ4n) is 6.91. The number of benzene rings is 2. The van der Waals surface area contributed by atoms with Crippen LogP contribution in [0, 0.1) is 5.92 Å². The van der Waals surface area contributed by atoms with Crippen molar-refractivity contribution in [2.24, 2.45) is 5.92 Å². The van der Waals surface area contributed by atoms with Crippen molar-refractivity contribution in [3.63, 3.8) is 0 Å². The molecule has 4 atom stereocenters. The summed E-state index contributed by atoms with van der Waals surface area (Å²) in [6.45, 7) is 12.0. The number of carbonyl (C=O) groups is 2. The molecule has 51 heavy (non-hydrogen) atoms. The van der Waals surface area contributed by atoms with Gasteiger partial charge in [0.2, 0.25) is 11.8 Å². The van der Waals surface area contributed by atoms with Crippen LogP contribution in [0.3, 0.4) is 0 Å². The second kappa shape index (κ2) is 25.2. The monoisotopic (exact) mass is 708 g/mol. The second-order valence-electron chi connectivity index (χ2n) is 14.6. The van der Waals surface area contributed by atoms with Crippen molar-refractivity contribution in [1.82, 2.24) is 10.2 Å². The number of ether oxygens (including phenoxy) is 2. The molecular weight excluding hydrogens is 638 g/mol. The van der Waals surface area contributed by atoms with Crippen LogP contribution in [0.15, 0.2) is 48.5 Å². The predicted molar refractivity (Wildman–Crippen MR) is 208 cm³/mol. The molecule has 0 bridgehead atoms. The number of rotatable bonds is 26. The Bertz CT molecular complexity index is 1210. The molecule has 1 saturated heterocycles. The molecule has 2 amide bonds. The van der Waals surface area contributed by atoms with Gasteiger partial charge in [0.05, 0.1) is 18.8 Å². The number of nitrogens with one attached hydrogen (secondary N) is 2. The number of carbonyl (C=O) groups excluding carboxylic acids is 2. The minimum atomic E-state index is -0.535. The predicted octanol–water partition coefficient (Wildman–Crippen LogP) is 9.63. The maximum Gasteiger partial charge on any atom is 0.224 e. The van der Waals surface area contributed by atoms with Gasteiger partial charge in [0.25, 0.3) is 0 Å². The van der Waals surface area contributed by atoms with Crippen molar-refractivity contribution < 1.29 is 24.2 Å². The highest BCUT2D eigenvalue weighted by atomic mass is 16.7. The van der Waals surface area contributed by atoms with Crippen LogP contribution in [-0.2, 0) is 25.7 Å². The Balaban J connectivity index is 1.69. The number of unbranched alkanes of at least 4 members (excludes halogenated alkanes) is 12. The zero-order valence-electron chi connectivity index (χ0n) is 32.3. The van der Waals surface area contributed by atoms with E-state index in [1.807, 2.05) is 36.4 Å². The summed E-state index contributed by atoms with van der Waals surface area (Å²) >= 11 is 0. The van der Waals surface area contributed by atoms with E-state index >= 15 is 0 Å². The molecule has 3 rings (SSSR count). The Morgan fingerprint density at radius 2 is 1.29 bits per heavy atom. The molecule has 0 aromatic heterocycles. The first-order chi connectivity index (χ1) is 24.8. The first-order valence-electron chi connectivity index (χ1n) is 20.2. The topological polar surface area (TPSA) is 100 Å². The van der Waals surface area contributed by atoms with Crippen molar-refractivity contribution in [3.05, 3.63) is 65.2 Å². The zero-order valence-corrected chi connectivity index (χ0v) is 32.3. The van der Waals surface area contributed by atoms with Gasteiger partial charge in [-0.25, -0.2) is 0 Å². The van der Waals surface area contributed by atoms with Gasteiger partial charge in [-0.05, 0) is 62.0 Å². The number of hydrogen-bond donors (Lipinski definition) is 3. The third-order valence-electron chi connectivity index (χ3n) is 10.1. The number of hydrogen-bond acceptors (Lipinski definition) is 6. The van der Waals surface area contributed by atoms with Gasteiger partial charge in [-0.1, -0.05) is 128 Å². The van der Waals surface area contributed by atoms with Gasteiger partial charge in [0, 0.05) is 43.6 Å². The molecule has 0 unspecified atom stereocenters. The summed E-state index contributed by atoms with van der Waals surface area (Å²) in [4.78, 5) is 26.3. The highest BCUT2D eigenvalue weighted by molar-refractivity contribution is 5.90. The molecule has 3 N–H and O–H groups in total. The molecule has 0 saturated carbocycles. The summed E-state index contributed by atoms with van der Waals surface area (Å²) in [5.74, 6) is 0.102. The van der Waals surface area contributed by atoms with E-state index in [0.29, 0.717) is 13.0 Å². The minimum absolute atomic E-state index is 0.0106. The average molecular weight is 708 g/mol. The quantitative estimate of drug-likeness (QED) is 0.0843. The van der Waals surface area contributed by atoms with Crippen molar-refractivity contribution in [1.29, 1.82) is 0 Å². The maximum absolute atomic E-state index is 12.6. The SMILES string of the molecule is CCCCCCCCN(CCCCCCCC)C[C@@H]1O[C@H](c2ccc(NC(=O)CCCCCNC(C)=O)cc2)O[C@H](c2ccc(CO)cc2)[C@@H]1C. The molecule has 1 heterocycles. The molecule has 286 valence electrons. The van der Waals surface area contributed by atoms with E-state index in [1.165, 1.54) is 84.0 Å². The number of aliphatic hydroxyl groups is 1. The third kappa shape index (κ3) is 16.6. The molecule has 8 nitrogen and oxygen atoms in total. The van der Waals surface area contributed by atoms with E-state index in [1.54, 1.807) is 0 Å². The molecule has 1 aliphatic rings. The molecule has 1 aliphatic heterocycles. The molecule has 0 radical (unpaired) electrons. The molecule has 0 aliphatic carbocycles. The van der Waals surface area contributed by atoms with Crippen LogP contribution in [0.4, 0.5) is 5.69 Å². The Morgan fingerprint density at radius 3 is 1.88 bits per heavy atom. The van der Waals surface area contributed by atoms with Crippen LogP contribution in [0.5, 0.6) is 0 Å². The average Bonchev–Trinajstić information content (AvgIpc) is 3.13. The third-order valence-corrected chi connectivity index (χ3v) is 10.1. The lowest BCUT2D eigenvalue weighted by Gasteiger charge is -2.43. The van der Waals surface area contributed by atoms with E-state index in [-0.39, 0.29) is 36.5 Å². The van der Waals surface area contributed by atoms with Crippen molar-refractivity contribution in [2.45, 2.75) is 156 Å². The Hall–Kier alpha value is -2.78. The standard InChI is InChI=1S/C43H69N3O5/c1-5-7-9-11-13-18-30-46(31-19-14-12-10-8-6-2)32-40-34(3)42(37-23-21-36(33-47)22-24-37)51-43(50-40)38-25-27-39(28-26-38)45-41(49)20-16-15-17-29-44-35(4)48/h21-28,34,40,42-43,47H,5-20,29-33H2,1-4H3,(H,44,48)(H,45,49)/t34-,40+,42+,43+/m1/s1. The van der Waals surface area contributed by atoms with E-state index in [2.05, 4.69) is 48.4 Å². The summed E-state index contributed by atoms with van der Waals surface area (Å²) < 4.78 is 13.6. The molecule has 0 spiro atoms. The largest absolute Gasteiger partial charge is 0.392 e. The van der Waals surface area contributed by atoms with E-state index in [0.717, 1.165) is 61.3 Å². The molecule has 8 heteroatoms. The van der Waals surface area contributed by atoms with Crippen LogP contribution >= 0.6 is 0 Å². The molecular formula is C43H69N3O5. The first-order valence-corrected chi connectivity index (χ1v) is 20.2. The van der Waals surface area contributed by atoms with Crippen LogP contribution in [0.2, 0.25) is 0 Å². The lowest BCUT2D eigenvalue weighted by atomic mass is 9.90. The van der Waals surface area contributed by atoms with Crippen molar-refractivity contribution >= 4 is 17.5 Å². The number of amides is 2. The lowest BCUT2D eigenvalue weighted by Crippen LogP contribution is -2.45.